The lowest BCUT2D eigenvalue weighted by atomic mass is 10.0. The summed E-state index contributed by atoms with van der Waals surface area (Å²) in [5.74, 6) is -0.408. The second-order valence-corrected chi connectivity index (χ2v) is 10.4. The molecular weight excluding hydrogens is 534 g/mol. The van der Waals surface area contributed by atoms with E-state index in [1.807, 2.05) is 62.4 Å². The number of aryl methyl sites for hydroxylation is 1. The number of carbonyl (C=O) groups is 2. The standard InChI is InChI=1S/C32H37N5O5/c1-3-41-29-19-24(14-15-28(29)38)31(32(40)33-20-25-11-8-18-42-25)36(17-16-23-10-5-4-9-22(23)2)30(39)21-37-27-13-7-6-12-26(27)34-35-37/h4-7,9-10,12-15,19,25,31,38H,3,8,11,16-18,20-21H2,1-2H3,(H,33,40). The number of hydrogen-bond acceptors (Lipinski definition) is 7. The van der Waals surface area contributed by atoms with Gasteiger partial charge in [0.15, 0.2) is 11.5 Å². The first-order valence-corrected chi connectivity index (χ1v) is 14.4. The van der Waals surface area contributed by atoms with Gasteiger partial charge in [0, 0.05) is 19.7 Å². The number of rotatable bonds is 12. The summed E-state index contributed by atoms with van der Waals surface area (Å²) in [6, 6.07) is 19.2. The van der Waals surface area contributed by atoms with Crippen molar-refractivity contribution >= 4 is 22.8 Å². The van der Waals surface area contributed by atoms with Crippen LogP contribution in [0.15, 0.2) is 66.7 Å². The Kier molecular flexibility index (Phi) is 9.33. The minimum atomic E-state index is -0.988. The molecule has 0 bridgehead atoms. The fraction of sp³-hybridized carbons (Fsp3) is 0.375. The predicted molar refractivity (Wildman–Crippen MR) is 158 cm³/mol. The number of aromatic hydroxyl groups is 1. The molecule has 2 atom stereocenters. The molecular formula is C32H37N5O5. The highest BCUT2D eigenvalue weighted by Gasteiger charge is 2.33. The van der Waals surface area contributed by atoms with Crippen LogP contribution in [-0.2, 0) is 27.3 Å². The molecule has 2 unspecified atom stereocenters. The Hall–Kier alpha value is -4.44. The van der Waals surface area contributed by atoms with Crippen LogP contribution in [0.2, 0.25) is 0 Å². The second kappa shape index (κ2) is 13.5. The van der Waals surface area contributed by atoms with Crippen molar-refractivity contribution in [3.05, 3.63) is 83.4 Å². The van der Waals surface area contributed by atoms with Gasteiger partial charge >= 0.3 is 0 Å². The fourth-order valence-corrected chi connectivity index (χ4v) is 5.34. The molecule has 10 heteroatoms. The number of phenolic OH excluding ortho intramolecular Hbond substituents is 1. The second-order valence-electron chi connectivity index (χ2n) is 10.4. The average Bonchev–Trinajstić information content (AvgIpc) is 3.67. The molecule has 1 aliphatic heterocycles. The number of aromatic nitrogens is 3. The minimum absolute atomic E-state index is 0.0361. The molecule has 1 fully saturated rings. The molecule has 0 spiro atoms. The van der Waals surface area contributed by atoms with E-state index in [0.717, 1.165) is 29.5 Å². The zero-order valence-corrected chi connectivity index (χ0v) is 24.0. The van der Waals surface area contributed by atoms with Gasteiger partial charge in [0.2, 0.25) is 11.8 Å². The van der Waals surface area contributed by atoms with Crippen molar-refractivity contribution in [1.29, 1.82) is 0 Å². The van der Waals surface area contributed by atoms with Crippen molar-refractivity contribution < 1.29 is 24.2 Å². The lowest BCUT2D eigenvalue weighted by Gasteiger charge is -2.32. The number of carbonyl (C=O) groups excluding carboxylic acids is 2. The largest absolute Gasteiger partial charge is 0.504 e. The molecule has 42 heavy (non-hydrogen) atoms. The van der Waals surface area contributed by atoms with Crippen LogP contribution in [0.25, 0.3) is 11.0 Å². The molecule has 0 radical (unpaired) electrons. The summed E-state index contributed by atoms with van der Waals surface area (Å²) in [4.78, 5) is 29.8. The van der Waals surface area contributed by atoms with E-state index < -0.39 is 6.04 Å². The number of ether oxygens (including phenoxy) is 2. The lowest BCUT2D eigenvalue weighted by Crippen LogP contribution is -2.47. The number of nitrogens with zero attached hydrogens (tertiary/aromatic N) is 4. The summed E-state index contributed by atoms with van der Waals surface area (Å²) in [5.41, 5.74) is 4.13. The van der Waals surface area contributed by atoms with Crippen molar-refractivity contribution in [3.8, 4) is 11.5 Å². The van der Waals surface area contributed by atoms with Crippen LogP contribution in [0, 0.1) is 6.92 Å². The zero-order chi connectivity index (χ0) is 29.5. The predicted octanol–water partition coefficient (Wildman–Crippen LogP) is 3.95. The SMILES string of the molecule is CCOc1cc(C(C(=O)NCC2CCCO2)N(CCc2ccccc2C)C(=O)Cn2nnc3ccccc32)ccc1O. The van der Waals surface area contributed by atoms with Gasteiger partial charge in [0.05, 0.1) is 18.2 Å². The first kappa shape index (κ1) is 29.1. The van der Waals surface area contributed by atoms with Gasteiger partial charge in [-0.15, -0.1) is 5.10 Å². The van der Waals surface area contributed by atoms with Gasteiger partial charge < -0.3 is 24.8 Å². The maximum Gasteiger partial charge on any atom is 0.247 e. The maximum atomic E-state index is 14.2. The van der Waals surface area contributed by atoms with Crippen LogP contribution in [-0.4, -0.2) is 69.2 Å². The summed E-state index contributed by atoms with van der Waals surface area (Å²) < 4.78 is 12.9. The topological polar surface area (TPSA) is 119 Å². The van der Waals surface area contributed by atoms with Crippen LogP contribution in [0.5, 0.6) is 11.5 Å². The van der Waals surface area contributed by atoms with Gasteiger partial charge in [-0.2, -0.15) is 0 Å². The van der Waals surface area contributed by atoms with Crippen LogP contribution < -0.4 is 10.1 Å². The Morgan fingerprint density at radius 1 is 1.17 bits per heavy atom. The first-order valence-electron chi connectivity index (χ1n) is 14.4. The number of para-hydroxylation sites is 1. The number of hydrogen-bond donors (Lipinski definition) is 2. The van der Waals surface area contributed by atoms with Crippen molar-refractivity contribution in [2.24, 2.45) is 0 Å². The van der Waals surface area contributed by atoms with Gasteiger partial charge in [-0.3, -0.25) is 9.59 Å². The lowest BCUT2D eigenvalue weighted by molar-refractivity contribution is -0.141. The Morgan fingerprint density at radius 2 is 1.98 bits per heavy atom. The van der Waals surface area contributed by atoms with Crippen molar-refractivity contribution in [2.45, 2.75) is 51.8 Å². The number of amides is 2. The van der Waals surface area contributed by atoms with Gasteiger partial charge in [-0.1, -0.05) is 47.7 Å². The van der Waals surface area contributed by atoms with E-state index in [4.69, 9.17) is 9.47 Å². The molecule has 220 valence electrons. The third-order valence-electron chi connectivity index (χ3n) is 7.60. The van der Waals surface area contributed by atoms with Crippen LogP contribution in [0.1, 0.15) is 42.5 Å². The molecule has 2 N–H and O–H groups in total. The van der Waals surface area contributed by atoms with E-state index in [9.17, 15) is 14.7 Å². The van der Waals surface area contributed by atoms with Crippen molar-refractivity contribution in [3.63, 3.8) is 0 Å². The number of fused-ring (bicyclic) bond motifs is 1. The third kappa shape index (κ3) is 6.71. The number of phenols is 1. The zero-order valence-electron chi connectivity index (χ0n) is 24.0. The first-order chi connectivity index (χ1) is 20.4. The monoisotopic (exact) mass is 571 g/mol. The van der Waals surface area contributed by atoms with E-state index in [2.05, 4.69) is 15.6 Å². The van der Waals surface area contributed by atoms with Crippen LogP contribution in [0.3, 0.4) is 0 Å². The normalized spacial score (nSPS) is 15.4. The highest BCUT2D eigenvalue weighted by molar-refractivity contribution is 5.89. The van der Waals surface area contributed by atoms with Crippen molar-refractivity contribution in [2.75, 3.05) is 26.3 Å². The van der Waals surface area contributed by atoms with Gasteiger partial charge in [-0.05, 0) is 74.1 Å². The molecule has 1 aromatic heterocycles. The molecule has 2 heterocycles. The molecule has 0 aliphatic carbocycles. The summed E-state index contributed by atoms with van der Waals surface area (Å²) >= 11 is 0. The molecule has 2 amide bonds. The number of nitrogens with one attached hydrogen (secondary N) is 1. The van der Waals surface area contributed by atoms with Crippen LogP contribution >= 0.6 is 0 Å². The average molecular weight is 572 g/mol. The Morgan fingerprint density at radius 3 is 2.76 bits per heavy atom. The fourth-order valence-electron chi connectivity index (χ4n) is 5.34. The van der Waals surface area contributed by atoms with E-state index in [1.54, 1.807) is 21.7 Å². The maximum absolute atomic E-state index is 14.2. The molecule has 3 aromatic carbocycles. The van der Waals surface area contributed by atoms with Crippen molar-refractivity contribution in [1.82, 2.24) is 25.2 Å². The van der Waals surface area contributed by atoms with E-state index in [1.165, 1.54) is 6.07 Å². The molecule has 0 saturated carbocycles. The molecule has 1 aliphatic rings. The highest BCUT2D eigenvalue weighted by atomic mass is 16.5. The van der Waals surface area contributed by atoms with E-state index in [0.29, 0.717) is 37.3 Å². The van der Waals surface area contributed by atoms with Gasteiger partial charge in [0.1, 0.15) is 18.1 Å². The van der Waals surface area contributed by atoms with Gasteiger partial charge in [0.25, 0.3) is 0 Å². The number of benzene rings is 3. The molecule has 1 saturated heterocycles. The quantitative estimate of drug-likeness (QED) is 0.264. The smallest absolute Gasteiger partial charge is 0.247 e. The Bertz CT molecular complexity index is 1530. The summed E-state index contributed by atoms with van der Waals surface area (Å²) in [6.45, 7) is 5.38. The van der Waals surface area contributed by atoms with E-state index >= 15 is 0 Å². The molecule has 10 nitrogen and oxygen atoms in total. The Labute approximate surface area is 245 Å². The summed E-state index contributed by atoms with van der Waals surface area (Å²) in [6.07, 6.45) is 2.30. The van der Waals surface area contributed by atoms with Gasteiger partial charge in [-0.25, -0.2) is 4.68 Å². The Balaban J connectivity index is 1.51. The highest BCUT2D eigenvalue weighted by Crippen LogP contribution is 2.32. The van der Waals surface area contributed by atoms with Crippen LogP contribution in [0.4, 0.5) is 0 Å². The summed E-state index contributed by atoms with van der Waals surface area (Å²) in [7, 11) is 0. The molecule has 5 rings (SSSR count). The minimum Gasteiger partial charge on any atom is -0.504 e. The summed E-state index contributed by atoms with van der Waals surface area (Å²) in [5, 5.41) is 21.8. The molecule has 4 aromatic rings. The van der Waals surface area contributed by atoms with E-state index in [-0.39, 0.29) is 42.5 Å². The third-order valence-corrected chi connectivity index (χ3v) is 7.60.